The molecule has 0 saturated heterocycles. The average Bonchev–Trinajstić information content (AvgIpc) is 2.57. The fourth-order valence-electron chi connectivity index (χ4n) is 2.62. The smallest absolute Gasteiger partial charge is 0.262 e. The molecule has 3 aromatic carbocycles. The molecule has 0 heterocycles. The number of para-hydroxylation sites is 1. The van der Waals surface area contributed by atoms with Gasteiger partial charge in [0.25, 0.3) is 5.91 Å². The summed E-state index contributed by atoms with van der Waals surface area (Å²) in [5.41, 5.74) is 1.15. The monoisotopic (exact) mass is 291 g/mol. The molecule has 1 N–H and O–H groups in total. The van der Waals surface area contributed by atoms with Gasteiger partial charge in [-0.25, -0.2) is 0 Å². The van der Waals surface area contributed by atoms with Crippen LogP contribution in [0.3, 0.4) is 0 Å². The van der Waals surface area contributed by atoms with Crippen molar-refractivity contribution in [1.29, 1.82) is 0 Å². The number of hydrogen-bond donors (Lipinski definition) is 1. The Labute approximate surface area is 129 Å². The molecule has 0 aliphatic heterocycles. The number of carbonyl (C=O) groups excluding carboxylic acids is 1. The predicted molar refractivity (Wildman–Crippen MR) is 89.4 cm³/mol. The highest BCUT2D eigenvalue weighted by atomic mass is 16.3. The quantitative estimate of drug-likeness (QED) is 0.785. The fourth-order valence-corrected chi connectivity index (χ4v) is 2.62. The second-order valence-corrected chi connectivity index (χ2v) is 5.07. The number of benzene rings is 3. The van der Waals surface area contributed by atoms with Crippen LogP contribution in [-0.4, -0.2) is 17.6 Å². The van der Waals surface area contributed by atoms with Crippen LogP contribution in [0, 0.1) is 0 Å². The average molecular weight is 291 g/mol. The number of rotatable bonds is 3. The maximum absolute atomic E-state index is 12.8. The van der Waals surface area contributed by atoms with E-state index < -0.39 is 0 Å². The maximum atomic E-state index is 12.8. The number of carbonyl (C=O) groups is 1. The van der Waals surface area contributed by atoms with E-state index in [0.29, 0.717) is 17.5 Å². The Morgan fingerprint density at radius 3 is 2.36 bits per heavy atom. The normalized spacial score (nSPS) is 10.6. The van der Waals surface area contributed by atoms with E-state index in [1.54, 1.807) is 11.0 Å². The van der Waals surface area contributed by atoms with Crippen molar-refractivity contribution in [3.05, 3.63) is 72.3 Å². The molecule has 0 aliphatic carbocycles. The largest absolute Gasteiger partial charge is 0.506 e. The Hall–Kier alpha value is -2.81. The molecule has 0 spiro atoms. The van der Waals surface area contributed by atoms with Crippen LogP contribution < -0.4 is 4.90 Å². The van der Waals surface area contributed by atoms with E-state index in [0.717, 1.165) is 11.1 Å². The Morgan fingerprint density at radius 1 is 0.955 bits per heavy atom. The van der Waals surface area contributed by atoms with Crippen LogP contribution >= 0.6 is 0 Å². The van der Waals surface area contributed by atoms with Gasteiger partial charge in [-0.15, -0.1) is 0 Å². The van der Waals surface area contributed by atoms with Crippen molar-refractivity contribution < 1.29 is 9.90 Å². The second-order valence-electron chi connectivity index (χ2n) is 5.07. The Balaban J connectivity index is 2.06. The molecule has 22 heavy (non-hydrogen) atoms. The molecular weight excluding hydrogens is 274 g/mol. The van der Waals surface area contributed by atoms with Gasteiger partial charge >= 0.3 is 0 Å². The third-order valence-electron chi connectivity index (χ3n) is 3.76. The van der Waals surface area contributed by atoms with Crippen molar-refractivity contribution in [1.82, 2.24) is 0 Å². The van der Waals surface area contributed by atoms with Crippen LogP contribution in [0.2, 0.25) is 0 Å². The van der Waals surface area contributed by atoms with Crippen LogP contribution in [0.1, 0.15) is 17.3 Å². The van der Waals surface area contributed by atoms with Gasteiger partial charge in [-0.05, 0) is 30.5 Å². The van der Waals surface area contributed by atoms with Gasteiger partial charge in [0, 0.05) is 17.6 Å². The van der Waals surface area contributed by atoms with Gasteiger partial charge in [-0.3, -0.25) is 4.79 Å². The van der Waals surface area contributed by atoms with Crippen LogP contribution in [0.25, 0.3) is 10.8 Å². The molecule has 0 bridgehead atoms. The topological polar surface area (TPSA) is 40.5 Å². The third-order valence-corrected chi connectivity index (χ3v) is 3.76. The highest BCUT2D eigenvalue weighted by molar-refractivity contribution is 6.11. The van der Waals surface area contributed by atoms with Crippen molar-refractivity contribution in [2.75, 3.05) is 11.4 Å². The zero-order valence-electron chi connectivity index (χ0n) is 12.4. The standard InChI is InChI=1S/C19H17NO2/c1-2-20(15-9-4-3-5-10-15)19(22)17-13-12-14-8-6-7-11-16(14)18(17)21/h3-13,21H,2H2,1H3. The molecule has 0 radical (unpaired) electrons. The van der Waals surface area contributed by atoms with Gasteiger partial charge in [0.15, 0.2) is 0 Å². The molecule has 0 unspecified atom stereocenters. The molecule has 0 aromatic heterocycles. The summed E-state index contributed by atoms with van der Waals surface area (Å²) < 4.78 is 0. The van der Waals surface area contributed by atoms with Crippen LogP contribution in [0.5, 0.6) is 5.75 Å². The van der Waals surface area contributed by atoms with Crippen LogP contribution in [0.15, 0.2) is 66.7 Å². The lowest BCUT2D eigenvalue weighted by atomic mass is 10.0. The summed E-state index contributed by atoms with van der Waals surface area (Å²) in [4.78, 5) is 14.5. The zero-order chi connectivity index (χ0) is 15.5. The van der Waals surface area contributed by atoms with E-state index in [1.807, 2.05) is 67.6 Å². The maximum Gasteiger partial charge on any atom is 0.262 e. The minimum Gasteiger partial charge on any atom is -0.506 e. The van der Waals surface area contributed by atoms with Gasteiger partial charge < -0.3 is 10.0 Å². The van der Waals surface area contributed by atoms with Gasteiger partial charge in [-0.1, -0.05) is 48.5 Å². The molecule has 3 aromatic rings. The molecular formula is C19H17NO2. The van der Waals surface area contributed by atoms with Crippen molar-refractivity contribution in [3.63, 3.8) is 0 Å². The van der Waals surface area contributed by atoms with Crippen molar-refractivity contribution in [2.24, 2.45) is 0 Å². The number of hydrogen-bond acceptors (Lipinski definition) is 2. The van der Waals surface area contributed by atoms with E-state index in [4.69, 9.17) is 0 Å². The first-order valence-electron chi connectivity index (χ1n) is 7.30. The number of nitrogens with zero attached hydrogens (tertiary/aromatic N) is 1. The number of phenolic OH excluding ortho intramolecular Hbond substituents is 1. The Kier molecular flexibility index (Phi) is 3.79. The summed E-state index contributed by atoms with van der Waals surface area (Å²) in [5, 5.41) is 12.1. The summed E-state index contributed by atoms with van der Waals surface area (Å²) >= 11 is 0. The van der Waals surface area contributed by atoms with Gasteiger partial charge in [0.05, 0.1) is 5.56 Å². The molecule has 3 heteroatoms. The second kappa shape index (κ2) is 5.90. The Morgan fingerprint density at radius 2 is 1.64 bits per heavy atom. The van der Waals surface area contributed by atoms with Gasteiger partial charge in [-0.2, -0.15) is 0 Å². The van der Waals surface area contributed by atoms with E-state index in [1.165, 1.54) is 0 Å². The summed E-state index contributed by atoms with van der Waals surface area (Å²) in [6.45, 7) is 2.46. The summed E-state index contributed by atoms with van der Waals surface area (Å²) in [5.74, 6) is -0.158. The van der Waals surface area contributed by atoms with E-state index >= 15 is 0 Å². The van der Waals surface area contributed by atoms with Crippen molar-refractivity contribution in [2.45, 2.75) is 6.92 Å². The lowest BCUT2D eigenvalue weighted by molar-refractivity contribution is 0.0986. The minimum absolute atomic E-state index is 0.0393. The van der Waals surface area contributed by atoms with Gasteiger partial charge in [0.2, 0.25) is 0 Å². The zero-order valence-corrected chi connectivity index (χ0v) is 12.4. The summed E-state index contributed by atoms with van der Waals surface area (Å²) in [6, 6.07) is 20.5. The molecule has 3 rings (SSSR count). The molecule has 110 valence electrons. The van der Waals surface area contributed by atoms with Crippen LogP contribution in [-0.2, 0) is 0 Å². The number of fused-ring (bicyclic) bond motifs is 1. The minimum atomic E-state index is -0.197. The fraction of sp³-hybridized carbons (Fsp3) is 0.105. The molecule has 0 aliphatic rings. The molecule has 3 nitrogen and oxygen atoms in total. The molecule has 0 saturated carbocycles. The third kappa shape index (κ3) is 2.42. The lowest BCUT2D eigenvalue weighted by Crippen LogP contribution is -2.30. The van der Waals surface area contributed by atoms with Crippen molar-refractivity contribution >= 4 is 22.4 Å². The highest BCUT2D eigenvalue weighted by Gasteiger charge is 2.20. The number of anilines is 1. The SMILES string of the molecule is CCN(C(=O)c1ccc2ccccc2c1O)c1ccccc1. The highest BCUT2D eigenvalue weighted by Crippen LogP contribution is 2.30. The van der Waals surface area contributed by atoms with E-state index in [9.17, 15) is 9.90 Å². The van der Waals surface area contributed by atoms with Gasteiger partial charge in [0.1, 0.15) is 5.75 Å². The lowest BCUT2D eigenvalue weighted by Gasteiger charge is -2.21. The Bertz CT molecular complexity index is 812. The van der Waals surface area contributed by atoms with Crippen LogP contribution in [0.4, 0.5) is 5.69 Å². The summed E-state index contributed by atoms with van der Waals surface area (Å²) in [7, 11) is 0. The number of aromatic hydroxyl groups is 1. The molecule has 0 fully saturated rings. The van der Waals surface area contributed by atoms with Crippen molar-refractivity contribution in [3.8, 4) is 5.75 Å². The first-order chi connectivity index (χ1) is 10.7. The number of amides is 1. The first-order valence-corrected chi connectivity index (χ1v) is 7.30. The van der Waals surface area contributed by atoms with E-state index in [-0.39, 0.29) is 11.7 Å². The molecule has 0 atom stereocenters. The number of phenols is 1. The summed E-state index contributed by atoms with van der Waals surface area (Å²) in [6.07, 6.45) is 0. The first kappa shape index (κ1) is 14.1. The van der Waals surface area contributed by atoms with E-state index in [2.05, 4.69) is 0 Å². The predicted octanol–water partition coefficient (Wildman–Crippen LogP) is 4.21. The molecule has 1 amide bonds.